The molecule has 0 aliphatic heterocycles. The molecule has 4 nitrogen and oxygen atoms in total. The molecule has 1 unspecified atom stereocenters. The number of amides is 1. The Bertz CT molecular complexity index is 268. The van der Waals surface area contributed by atoms with Crippen molar-refractivity contribution in [3.05, 3.63) is 0 Å². The van der Waals surface area contributed by atoms with Crippen LogP contribution in [0.5, 0.6) is 0 Å². The van der Waals surface area contributed by atoms with Crippen LogP contribution < -0.4 is 5.32 Å². The molecule has 0 spiro atoms. The van der Waals surface area contributed by atoms with Crippen LogP contribution in [-0.4, -0.2) is 22.5 Å². The van der Waals surface area contributed by atoms with Crippen LogP contribution in [0.25, 0.3) is 0 Å². The van der Waals surface area contributed by atoms with Crippen LogP contribution in [0, 0.1) is 5.41 Å². The Kier molecular flexibility index (Phi) is 4.97. The van der Waals surface area contributed by atoms with Gasteiger partial charge in [-0.2, -0.15) is 0 Å². The van der Waals surface area contributed by atoms with Gasteiger partial charge in [0.15, 0.2) is 0 Å². The van der Waals surface area contributed by atoms with E-state index in [0.717, 1.165) is 6.42 Å². The summed E-state index contributed by atoms with van der Waals surface area (Å²) in [4.78, 5) is 22.8. The van der Waals surface area contributed by atoms with Crippen molar-refractivity contribution in [3.8, 4) is 0 Å². The number of carboxylic acid groups (broad SMARTS) is 1. The zero-order valence-corrected chi connectivity index (χ0v) is 10.9. The number of rotatable bonds is 5. The Morgan fingerprint density at radius 2 is 1.69 bits per heavy atom. The lowest BCUT2D eigenvalue weighted by molar-refractivity contribution is -0.147. The van der Waals surface area contributed by atoms with Gasteiger partial charge < -0.3 is 10.4 Å². The summed E-state index contributed by atoms with van der Waals surface area (Å²) in [6.07, 6.45) is 1.50. The fraction of sp³-hybridized carbons (Fsp3) is 0.833. The molecule has 2 N–H and O–H groups in total. The second-order valence-corrected chi connectivity index (χ2v) is 5.67. The maximum Gasteiger partial charge on any atom is 0.329 e. The lowest BCUT2D eigenvalue weighted by atomic mass is 9.90. The van der Waals surface area contributed by atoms with E-state index in [1.54, 1.807) is 6.92 Å². The van der Waals surface area contributed by atoms with E-state index in [-0.39, 0.29) is 11.3 Å². The maximum absolute atomic E-state index is 11.7. The molecule has 0 saturated heterocycles. The monoisotopic (exact) mass is 229 g/mol. The summed E-state index contributed by atoms with van der Waals surface area (Å²) in [5, 5.41) is 11.7. The third-order valence-electron chi connectivity index (χ3n) is 2.33. The van der Waals surface area contributed by atoms with Crippen LogP contribution in [-0.2, 0) is 9.59 Å². The zero-order valence-electron chi connectivity index (χ0n) is 10.9. The lowest BCUT2D eigenvalue weighted by Crippen LogP contribution is -2.52. The molecule has 0 heterocycles. The highest BCUT2D eigenvalue weighted by Crippen LogP contribution is 2.20. The molecule has 0 saturated carbocycles. The van der Waals surface area contributed by atoms with Gasteiger partial charge in [-0.25, -0.2) is 4.79 Å². The third kappa shape index (κ3) is 5.14. The summed E-state index contributed by atoms with van der Waals surface area (Å²) < 4.78 is 0. The van der Waals surface area contributed by atoms with Crippen molar-refractivity contribution in [2.45, 2.75) is 59.4 Å². The second kappa shape index (κ2) is 5.32. The first-order chi connectivity index (χ1) is 7.10. The van der Waals surface area contributed by atoms with Crippen molar-refractivity contribution in [2.75, 3.05) is 0 Å². The standard InChI is InChI=1S/C12H23NO3/c1-6-7-12(5,10(15)16)13-9(14)8-11(2,3)4/h6-8H2,1-5H3,(H,13,14)(H,15,16). The average molecular weight is 229 g/mol. The number of aliphatic carboxylic acids is 1. The summed E-state index contributed by atoms with van der Waals surface area (Å²) in [6, 6.07) is 0. The summed E-state index contributed by atoms with van der Waals surface area (Å²) in [6.45, 7) is 9.30. The molecule has 0 fully saturated rings. The molecule has 0 rings (SSSR count). The molecule has 1 atom stereocenters. The topological polar surface area (TPSA) is 66.4 Å². The highest BCUT2D eigenvalue weighted by Gasteiger charge is 2.34. The summed E-state index contributed by atoms with van der Waals surface area (Å²) in [5.41, 5.74) is -1.27. The minimum absolute atomic E-state index is 0.129. The van der Waals surface area contributed by atoms with Gasteiger partial charge in [0.2, 0.25) is 5.91 Å². The Balaban J connectivity index is 4.53. The largest absolute Gasteiger partial charge is 0.480 e. The van der Waals surface area contributed by atoms with Crippen molar-refractivity contribution < 1.29 is 14.7 Å². The normalized spacial score (nSPS) is 15.3. The maximum atomic E-state index is 11.7. The van der Waals surface area contributed by atoms with Gasteiger partial charge in [0, 0.05) is 6.42 Å². The number of hydrogen-bond acceptors (Lipinski definition) is 2. The molecule has 1 amide bonds. The van der Waals surface area contributed by atoms with Gasteiger partial charge >= 0.3 is 5.97 Å². The smallest absolute Gasteiger partial charge is 0.329 e. The van der Waals surface area contributed by atoms with E-state index in [1.807, 2.05) is 27.7 Å². The Labute approximate surface area is 97.4 Å². The lowest BCUT2D eigenvalue weighted by Gasteiger charge is -2.27. The molecule has 0 aromatic heterocycles. The molecule has 4 heteroatoms. The molecule has 0 aliphatic carbocycles. The average Bonchev–Trinajstić information content (AvgIpc) is 1.99. The van der Waals surface area contributed by atoms with Gasteiger partial charge in [0.25, 0.3) is 0 Å². The van der Waals surface area contributed by atoms with Crippen LogP contribution >= 0.6 is 0 Å². The Morgan fingerprint density at radius 1 is 1.19 bits per heavy atom. The van der Waals surface area contributed by atoms with E-state index in [2.05, 4.69) is 5.32 Å². The number of hydrogen-bond donors (Lipinski definition) is 2. The van der Waals surface area contributed by atoms with Gasteiger partial charge in [-0.1, -0.05) is 34.1 Å². The SMILES string of the molecule is CCCC(C)(NC(=O)CC(C)(C)C)C(=O)O. The van der Waals surface area contributed by atoms with Crippen LogP contribution in [0.4, 0.5) is 0 Å². The minimum Gasteiger partial charge on any atom is -0.480 e. The fourth-order valence-corrected chi connectivity index (χ4v) is 1.56. The zero-order chi connectivity index (χ0) is 13.0. The van der Waals surface area contributed by atoms with Crippen molar-refractivity contribution in [1.29, 1.82) is 0 Å². The van der Waals surface area contributed by atoms with Crippen molar-refractivity contribution in [2.24, 2.45) is 5.41 Å². The highest BCUT2D eigenvalue weighted by molar-refractivity contribution is 5.86. The van der Waals surface area contributed by atoms with Crippen molar-refractivity contribution >= 4 is 11.9 Å². The van der Waals surface area contributed by atoms with Crippen LogP contribution in [0.3, 0.4) is 0 Å². The van der Waals surface area contributed by atoms with E-state index in [1.165, 1.54) is 0 Å². The number of carbonyl (C=O) groups excluding carboxylic acids is 1. The molecule has 0 aliphatic rings. The summed E-state index contributed by atoms with van der Waals surface area (Å²) in [7, 11) is 0. The molecule has 94 valence electrons. The summed E-state index contributed by atoms with van der Waals surface area (Å²) in [5.74, 6) is -1.18. The molecule has 0 bridgehead atoms. The van der Waals surface area contributed by atoms with Crippen LogP contribution in [0.1, 0.15) is 53.9 Å². The third-order valence-corrected chi connectivity index (χ3v) is 2.33. The Hall–Kier alpha value is -1.06. The molecule has 0 radical (unpaired) electrons. The predicted molar refractivity (Wildman–Crippen MR) is 63.2 cm³/mol. The minimum atomic E-state index is -1.14. The van der Waals surface area contributed by atoms with E-state index < -0.39 is 11.5 Å². The van der Waals surface area contributed by atoms with E-state index in [9.17, 15) is 9.59 Å². The van der Waals surface area contributed by atoms with Gasteiger partial charge in [-0.15, -0.1) is 0 Å². The van der Waals surface area contributed by atoms with E-state index in [0.29, 0.717) is 12.8 Å². The first-order valence-corrected chi connectivity index (χ1v) is 5.65. The first kappa shape index (κ1) is 14.9. The number of nitrogens with one attached hydrogen (secondary N) is 1. The highest BCUT2D eigenvalue weighted by atomic mass is 16.4. The van der Waals surface area contributed by atoms with Crippen molar-refractivity contribution in [3.63, 3.8) is 0 Å². The molecule has 16 heavy (non-hydrogen) atoms. The first-order valence-electron chi connectivity index (χ1n) is 5.65. The van der Waals surface area contributed by atoms with Gasteiger partial charge in [-0.3, -0.25) is 4.79 Å². The molecule has 0 aromatic carbocycles. The van der Waals surface area contributed by atoms with E-state index >= 15 is 0 Å². The second-order valence-electron chi connectivity index (χ2n) is 5.67. The summed E-state index contributed by atoms with van der Waals surface area (Å²) >= 11 is 0. The number of carboxylic acids is 1. The van der Waals surface area contributed by atoms with Crippen LogP contribution in [0.15, 0.2) is 0 Å². The predicted octanol–water partition coefficient (Wildman–Crippen LogP) is 2.18. The van der Waals surface area contributed by atoms with Crippen LogP contribution in [0.2, 0.25) is 0 Å². The Morgan fingerprint density at radius 3 is 2.00 bits per heavy atom. The number of carbonyl (C=O) groups is 2. The van der Waals surface area contributed by atoms with Crippen molar-refractivity contribution in [1.82, 2.24) is 5.32 Å². The van der Waals surface area contributed by atoms with E-state index in [4.69, 9.17) is 5.11 Å². The molecular formula is C12H23NO3. The van der Waals surface area contributed by atoms with Gasteiger partial charge in [0.05, 0.1) is 0 Å². The quantitative estimate of drug-likeness (QED) is 0.759. The van der Waals surface area contributed by atoms with Gasteiger partial charge in [-0.05, 0) is 18.8 Å². The molecular weight excluding hydrogens is 206 g/mol. The van der Waals surface area contributed by atoms with Gasteiger partial charge in [0.1, 0.15) is 5.54 Å². The fourth-order valence-electron chi connectivity index (χ4n) is 1.56. The molecule has 0 aromatic rings.